The molecule has 0 heterocycles. The number of rotatable bonds is 2. The molecular formula is C12H28. The highest BCUT2D eigenvalue weighted by Gasteiger charge is 1.88. The summed E-state index contributed by atoms with van der Waals surface area (Å²) in [5, 5.41) is 0. The largest absolute Gasteiger partial charge is 0.106 e. The minimum Gasteiger partial charge on any atom is -0.106 e. The Hall–Kier alpha value is -0.260. The van der Waals surface area contributed by atoms with Crippen LogP contribution < -0.4 is 0 Å². The van der Waals surface area contributed by atoms with E-state index in [4.69, 9.17) is 0 Å². The van der Waals surface area contributed by atoms with Gasteiger partial charge in [0.05, 0.1) is 0 Å². The zero-order valence-electron chi connectivity index (χ0n) is 9.98. The van der Waals surface area contributed by atoms with Gasteiger partial charge in [0.25, 0.3) is 0 Å². The SMILES string of the molecule is C=C.CC(C)C.CCC(C)CC. The summed E-state index contributed by atoms with van der Waals surface area (Å²) in [5.74, 6) is 1.77. The van der Waals surface area contributed by atoms with Gasteiger partial charge in [-0.2, -0.15) is 0 Å². The molecule has 0 fully saturated rings. The molecule has 0 aromatic carbocycles. The Bertz CT molecular complexity index is 48.3. The van der Waals surface area contributed by atoms with Crippen LogP contribution in [0, 0.1) is 11.8 Å². The summed E-state index contributed by atoms with van der Waals surface area (Å²) >= 11 is 0. The first-order valence-corrected chi connectivity index (χ1v) is 5.04. The van der Waals surface area contributed by atoms with Gasteiger partial charge in [0.15, 0.2) is 0 Å². The van der Waals surface area contributed by atoms with Crippen LogP contribution in [0.4, 0.5) is 0 Å². The standard InChI is InChI=1S/C6H14.C4H10.C2H4/c1-4-6(3)5-2;1-4(2)3;1-2/h6H,4-5H2,1-3H3;4H,1-3H3;1-2H2. The van der Waals surface area contributed by atoms with Crippen molar-refractivity contribution in [1.29, 1.82) is 0 Å². The van der Waals surface area contributed by atoms with Crippen LogP contribution in [-0.4, -0.2) is 0 Å². The molecule has 0 aliphatic heterocycles. The van der Waals surface area contributed by atoms with Gasteiger partial charge in [0.1, 0.15) is 0 Å². The van der Waals surface area contributed by atoms with Gasteiger partial charge in [-0.15, -0.1) is 13.2 Å². The lowest BCUT2D eigenvalue weighted by Crippen LogP contribution is -1.85. The molecule has 0 aromatic rings. The van der Waals surface area contributed by atoms with Gasteiger partial charge in [-0.1, -0.05) is 54.4 Å². The molecule has 0 aliphatic rings. The molecule has 0 saturated heterocycles. The molecular weight excluding hydrogens is 144 g/mol. The van der Waals surface area contributed by atoms with E-state index in [1.165, 1.54) is 12.8 Å². The summed E-state index contributed by atoms with van der Waals surface area (Å²) in [6.45, 7) is 19.2. The number of hydrogen-bond acceptors (Lipinski definition) is 0. The average Bonchev–Trinajstić information content (AvgIpc) is 2.06. The first-order chi connectivity index (χ1) is 5.54. The highest BCUT2D eigenvalue weighted by Crippen LogP contribution is 2.02. The Balaban J connectivity index is -0.000000118. The summed E-state index contributed by atoms with van der Waals surface area (Å²) in [4.78, 5) is 0. The molecule has 0 unspecified atom stereocenters. The fourth-order valence-corrected chi connectivity index (χ4v) is 0.289. The Morgan fingerprint density at radius 3 is 1.00 bits per heavy atom. The third kappa shape index (κ3) is 53.2. The van der Waals surface area contributed by atoms with Gasteiger partial charge in [0, 0.05) is 0 Å². The molecule has 0 atom stereocenters. The smallest absolute Gasteiger partial charge is 0.0448 e. The Morgan fingerprint density at radius 1 is 0.833 bits per heavy atom. The quantitative estimate of drug-likeness (QED) is 0.519. The molecule has 0 nitrogen and oxygen atoms in total. The van der Waals surface area contributed by atoms with E-state index in [0.717, 1.165) is 11.8 Å². The predicted molar refractivity (Wildman–Crippen MR) is 61.5 cm³/mol. The Labute approximate surface area is 80.1 Å². The third-order valence-electron chi connectivity index (χ3n) is 1.39. The molecule has 0 radical (unpaired) electrons. The van der Waals surface area contributed by atoms with Crippen molar-refractivity contribution < 1.29 is 0 Å². The lowest BCUT2D eigenvalue weighted by atomic mass is 10.1. The highest BCUT2D eigenvalue weighted by atomic mass is 13.9. The van der Waals surface area contributed by atoms with E-state index < -0.39 is 0 Å². The molecule has 0 rings (SSSR count). The van der Waals surface area contributed by atoms with Gasteiger partial charge in [-0.05, 0) is 11.8 Å². The van der Waals surface area contributed by atoms with Crippen molar-refractivity contribution in [3.63, 3.8) is 0 Å². The molecule has 0 saturated carbocycles. The van der Waals surface area contributed by atoms with E-state index in [2.05, 4.69) is 54.7 Å². The first kappa shape index (κ1) is 17.7. The van der Waals surface area contributed by atoms with Crippen molar-refractivity contribution >= 4 is 0 Å². The van der Waals surface area contributed by atoms with Crippen LogP contribution in [0.1, 0.15) is 54.4 Å². The second-order valence-electron chi connectivity index (χ2n) is 3.65. The van der Waals surface area contributed by atoms with Crippen LogP contribution >= 0.6 is 0 Å². The number of hydrogen-bond donors (Lipinski definition) is 0. The highest BCUT2D eigenvalue weighted by molar-refractivity contribution is 4.41. The molecule has 76 valence electrons. The van der Waals surface area contributed by atoms with Crippen LogP contribution in [-0.2, 0) is 0 Å². The first-order valence-electron chi connectivity index (χ1n) is 5.04. The van der Waals surface area contributed by atoms with Crippen molar-refractivity contribution in [2.75, 3.05) is 0 Å². The van der Waals surface area contributed by atoms with Crippen molar-refractivity contribution in [3.8, 4) is 0 Å². The Kier molecular flexibility index (Phi) is 25.1. The summed E-state index contributed by atoms with van der Waals surface area (Å²) in [7, 11) is 0. The fourth-order valence-electron chi connectivity index (χ4n) is 0.289. The van der Waals surface area contributed by atoms with Gasteiger partial charge < -0.3 is 0 Å². The van der Waals surface area contributed by atoms with Crippen LogP contribution in [0.3, 0.4) is 0 Å². The molecule has 0 N–H and O–H groups in total. The lowest BCUT2D eigenvalue weighted by molar-refractivity contribution is 0.544. The minimum atomic E-state index is 0.833. The maximum atomic E-state index is 3.00. The van der Waals surface area contributed by atoms with Gasteiger partial charge in [-0.25, -0.2) is 0 Å². The lowest BCUT2D eigenvalue weighted by Gasteiger charge is -1.98. The summed E-state index contributed by atoms with van der Waals surface area (Å²) in [6, 6.07) is 0. The molecule has 0 spiro atoms. The van der Waals surface area contributed by atoms with Crippen molar-refractivity contribution in [3.05, 3.63) is 13.2 Å². The van der Waals surface area contributed by atoms with Crippen LogP contribution in [0.2, 0.25) is 0 Å². The Morgan fingerprint density at radius 2 is 1.00 bits per heavy atom. The summed E-state index contributed by atoms with van der Waals surface area (Å²) < 4.78 is 0. The van der Waals surface area contributed by atoms with E-state index in [9.17, 15) is 0 Å². The molecule has 0 bridgehead atoms. The average molecular weight is 172 g/mol. The topological polar surface area (TPSA) is 0 Å². The molecule has 12 heavy (non-hydrogen) atoms. The summed E-state index contributed by atoms with van der Waals surface area (Å²) in [6.07, 6.45) is 2.66. The van der Waals surface area contributed by atoms with E-state index in [0.29, 0.717) is 0 Å². The second kappa shape index (κ2) is 17.0. The van der Waals surface area contributed by atoms with E-state index in [-0.39, 0.29) is 0 Å². The van der Waals surface area contributed by atoms with Crippen LogP contribution in [0.25, 0.3) is 0 Å². The van der Waals surface area contributed by atoms with Gasteiger partial charge >= 0.3 is 0 Å². The monoisotopic (exact) mass is 172 g/mol. The third-order valence-corrected chi connectivity index (χ3v) is 1.39. The zero-order chi connectivity index (χ0) is 10.6. The zero-order valence-corrected chi connectivity index (χ0v) is 9.98. The van der Waals surface area contributed by atoms with Crippen LogP contribution in [0.5, 0.6) is 0 Å². The maximum Gasteiger partial charge on any atom is -0.0448 e. The van der Waals surface area contributed by atoms with Crippen molar-refractivity contribution in [2.45, 2.75) is 54.4 Å². The molecule has 0 heteroatoms. The predicted octanol–water partition coefficient (Wildman–Crippen LogP) is 4.91. The molecule has 0 aromatic heterocycles. The molecule has 0 aliphatic carbocycles. The van der Waals surface area contributed by atoms with E-state index in [1.54, 1.807) is 0 Å². The second-order valence-corrected chi connectivity index (χ2v) is 3.65. The van der Waals surface area contributed by atoms with Gasteiger partial charge in [0.2, 0.25) is 0 Å². The van der Waals surface area contributed by atoms with E-state index in [1.807, 2.05) is 0 Å². The van der Waals surface area contributed by atoms with Crippen LogP contribution in [0.15, 0.2) is 13.2 Å². The van der Waals surface area contributed by atoms with Crippen molar-refractivity contribution in [1.82, 2.24) is 0 Å². The maximum absolute atomic E-state index is 3.00. The van der Waals surface area contributed by atoms with Crippen molar-refractivity contribution in [2.24, 2.45) is 11.8 Å². The van der Waals surface area contributed by atoms with E-state index >= 15 is 0 Å². The normalized spacial score (nSPS) is 8.33. The summed E-state index contributed by atoms with van der Waals surface area (Å²) in [5.41, 5.74) is 0. The van der Waals surface area contributed by atoms with Gasteiger partial charge in [-0.3, -0.25) is 0 Å². The minimum absolute atomic E-state index is 0.833. The fraction of sp³-hybridized carbons (Fsp3) is 0.833. The molecule has 0 amide bonds.